The van der Waals surface area contributed by atoms with Crippen LogP contribution in [-0.4, -0.2) is 59.7 Å². The number of hydrogen-bond acceptors (Lipinski definition) is 5. The largest absolute Gasteiger partial charge is 0.478 e. The molecule has 9 heteroatoms. The van der Waals surface area contributed by atoms with Crippen LogP contribution in [0.1, 0.15) is 41.5 Å². The summed E-state index contributed by atoms with van der Waals surface area (Å²) in [6.45, 7) is 4.14. The molecule has 38 heavy (non-hydrogen) atoms. The zero-order chi connectivity index (χ0) is 26.7. The van der Waals surface area contributed by atoms with Gasteiger partial charge in [0.2, 0.25) is 10.0 Å². The van der Waals surface area contributed by atoms with Gasteiger partial charge in [-0.25, -0.2) is 18.2 Å². The van der Waals surface area contributed by atoms with E-state index in [4.69, 9.17) is 9.72 Å². The third kappa shape index (κ3) is 5.22. The number of rotatable bonds is 9. The molecule has 0 amide bonds. The van der Waals surface area contributed by atoms with E-state index >= 15 is 0 Å². The maximum absolute atomic E-state index is 13.3. The van der Waals surface area contributed by atoms with Gasteiger partial charge in [0.05, 0.1) is 34.7 Å². The smallest absolute Gasteiger partial charge is 0.336 e. The first-order valence-electron chi connectivity index (χ1n) is 12.9. The third-order valence-electron chi connectivity index (χ3n) is 6.92. The maximum atomic E-state index is 13.3. The van der Waals surface area contributed by atoms with E-state index in [1.54, 1.807) is 36.4 Å². The van der Waals surface area contributed by atoms with Crippen LogP contribution in [0.15, 0.2) is 71.6 Å². The van der Waals surface area contributed by atoms with Gasteiger partial charge in [0.1, 0.15) is 5.82 Å². The molecule has 1 N–H and O–H groups in total. The summed E-state index contributed by atoms with van der Waals surface area (Å²) in [6, 6.07) is 19.9. The molecule has 3 aromatic carbocycles. The van der Waals surface area contributed by atoms with Crippen LogP contribution in [0.2, 0.25) is 0 Å². The number of aromatic carboxylic acids is 1. The zero-order valence-electron chi connectivity index (χ0n) is 21.3. The van der Waals surface area contributed by atoms with Crippen LogP contribution in [0.4, 0.5) is 0 Å². The predicted molar refractivity (Wildman–Crippen MR) is 146 cm³/mol. The average Bonchev–Trinajstić information content (AvgIpc) is 3.29. The lowest BCUT2D eigenvalue weighted by molar-refractivity contribution is 0.0697. The van der Waals surface area contributed by atoms with Gasteiger partial charge in [-0.1, -0.05) is 55.8 Å². The fourth-order valence-corrected chi connectivity index (χ4v) is 6.27. The molecular formula is C29H31N3O5S. The molecule has 1 aromatic heterocycles. The molecule has 1 aliphatic rings. The number of sulfonamides is 1. The van der Waals surface area contributed by atoms with Gasteiger partial charge in [0.25, 0.3) is 0 Å². The Labute approximate surface area is 222 Å². The molecule has 1 fully saturated rings. The first-order chi connectivity index (χ1) is 18.4. The Kier molecular flexibility index (Phi) is 7.60. The fourth-order valence-electron chi connectivity index (χ4n) is 4.84. The second-order valence-electron chi connectivity index (χ2n) is 9.43. The van der Waals surface area contributed by atoms with Crippen molar-refractivity contribution in [2.75, 3.05) is 26.3 Å². The number of nitrogens with zero attached hydrogens (tertiary/aromatic N) is 3. The SMILES string of the molecule is CCCCc1nc2ccc(S(=O)(=O)N3CCOCC3)cc2n1Cc1ccc(-c2ccccc2C(=O)O)cc1. The summed E-state index contributed by atoms with van der Waals surface area (Å²) in [5.41, 5.74) is 4.32. The van der Waals surface area contributed by atoms with Crippen LogP contribution in [-0.2, 0) is 27.7 Å². The Bertz CT molecular complexity index is 1560. The minimum Gasteiger partial charge on any atom is -0.478 e. The third-order valence-corrected chi connectivity index (χ3v) is 8.82. The summed E-state index contributed by atoms with van der Waals surface area (Å²) in [7, 11) is -3.63. The van der Waals surface area contributed by atoms with Crippen molar-refractivity contribution in [2.45, 2.75) is 37.6 Å². The highest BCUT2D eigenvalue weighted by Crippen LogP contribution is 2.27. The molecule has 0 radical (unpaired) electrons. The number of ether oxygens (including phenoxy) is 1. The van der Waals surface area contributed by atoms with Crippen LogP contribution < -0.4 is 0 Å². The van der Waals surface area contributed by atoms with Gasteiger partial charge in [0, 0.05) is 26.1 Å². The number of carboxylic acids is 1. The van der Waals surface area contributed by atoms with Gasteiger partial charge in [-0.3, -0.25) is 0 Å². The summed E-state index contributed by atoms with van der Waals surface area (Å²) in [5, 5.41) is 9.56. The number of morpholine rings is 1. The van der Waals surface area contributed by atoms with Gasteiger partial charge in [0.15, 0.2) is 0 Å². The van der Waals surface area contributed by atoms with Crippen molar-refractivity contribution in [3.05, 3.63) is 83.7 Å². The van der Waals surface area contributed by atoms with Gasteiger partial charge in [-0.2, -0.15) is 4.31 Å². The molecule has 0 spiro atoms. The number of fused-ring (bicyclic) bond motifs is 1. The molecule has 1 aliphatic heterocycles. The quantitative estimate of drug-likeness (QED) is 0.331. The van der Waals surface area contributed by atoms with Gasteiger partial charge >= 0.3 is 5.97 Å². The van der Waals surface area contributed by atoms with Gasteiger partial charge in [-0.15, -0.1) is 0 Å². The van der Waals surface area contributed by atoms with Crippen molar-refractivity contribution >= 4 is 27.0 Å². The summed E-state index contributed by atoms with van der Waals surface area (Å²) in [6.07, 6.45) is 2.80. The van der Waals surface area contributed by atoms with Crippen molar-refractivity contribution in [3.8, 4) is 11.1 Å². The molecule has 0 saturated carbocycles. The van der Waals surface area contributed by atoms with Gasteiger partial charge < -0.3 is 14.4 Å². The number of benzene rings is 3. The second kappa shape index (κ2) is 11.1. The minimum absolute atomic E-state index is 0.260. The topological polar surface area (TPSA) is 102 Å². The highest BCUT2D eigenvalue weighted by atomic mass is 32.2. The molecule has 0 aliphatic carbocycles. The Hall–Kier alpha value is -3.53. The minimum atomic E-state index is -3.63. The normalized spacial score (nSPS) is 14.7. The van der Waals surface area contributed by atoms with Crippen molar-refractivity contribution in [3.63, 3.8) is 0 Å². The molecule has 198 valence electrons. The lowest BCUT2D eigenvalue weighted by Gasteiger charge is -2.26. The van der Waals surface area contributed by atoms with E-state index in [2.05, 4.69) is 11.5 Å². The number of aryl methyl sites for hydroxylation is 1. The Morgan fingerprint density at radius 2 is 1.76 bits per heavy atom. The molecule has 5 rings (SSSR count). The molecule has 0 atom stereocenters. The number of carbonyl (C=O) groups is 1. The molecule has 0 unspecified atom stereocenters. The Balaban J connectivity index is 1.50. The standard InChI is InChI=1S/C29H31N3O5S/c1-2-3-8-28-30-26-14-13-23(38(35,36)31-15-17-37-18-16-31)19-27(26)32(28)20-21-9-11-22(12-10-21)24-6-4-5-7-25(24)29(33)34/h4-7,9-14,19H,2-3,8,15-18,20H2,1H3,(H,33,34). The van der Waals surface area contributed by atoms with Crippen LogP contribution in [0.3, 0.4) is 0 Å². The second-order valence-corrected chi connectivity index (χ2v) is 11.4. The van der Waals surface area contributed by atoms with E-state index in [1.165, 1.54) is 4.31 Å². The van der Waals surface area contributed by atoms with Crippen molar-refractivity contribution in [1.82, 2.24) is 13.9 Å². The molecule has 8 nitrogen and oxygen atoms in total. The molecule has 2 heterocycles. The van der Waals surface area contributed by atoms with Gasteiger partial charge in [-0.05, 0) is 47.4 Å². The first kappa shape index (κ1) is 26.1. The lowest BCUT2D eigenvalue weighted by atomic mass is 9.99. The van der Waals surface area contributed by atoms with Crippen LogP contribution in [0, 0.1) is 0 Å². The van der Waals surface area contributed by atoms with E-state index in [9.17, 15) is 18.3 Å². The van der Waals surface area contributed by atoms with E-state index in [1.807, 2.05) is 30.3 Å². The Morgan fingerprint density at radius 1 is 1.03 bits per heavy atom. The summed E-state index contributed by atoms with van der Waals surface area (Å²) < 4.78 is 35.6. The highest BCUT2D eigenvalue weighted by molar-refractivity contribution is 7.89. The number of unbranched alkanes of at least 4 members (excludes halogenated alkanes) is 1. The first-order valence-corrected chi connectivity index (χ1v) is 14.3. The molecule has 1 saturated heterocycles. The van der Waals surface area contributed by atoms with E-state index in [-0.39, 0.29) is 10.5 Å². The van der Waals surface area contributed by atoms with E-state index in [0.717, 1.165) is 47.2 Å². The predicted octanol–water partition coefficient (Wildman–Crippen LogP) is 4.81. The lowest BCUT2D eigenvalue weighted by Crippen LogP contribution is -2.40. The number of hydrogen-bond donors (Lipinski definition) is 1. The monoisotopic (exact) mass is 533 g/mol. The van der Waals surface area contributed by atoms with Crippen molar-refractivity contribution < 1.29 is 23.1 Å². The number of imidazole rings is 1. The molecular weight excluding hydrogens is 502 g/mol. The van der Waals surface area contributed by atoms with Crippen molar-refractivity contribution in [2.24, 2.45) is 0 Å². The van der Waals surface area contributed by atoms with Crippen LogP contribution in [0.5, 0.6) is 0 Å². The number of aromatic nitrogens is 2. The summed E-state index contributed by atoms with van der Waals surface area (Å²) >= 11 is 0. The molecule has 4 aromatic rings. The maximum Gasteiger partial charge on any atom is 0.336 e. The highest BCUT2D eigenvalue weighted by Gasteiger charge is 2.27. The summed E-state index contributed by atoms with van der Waals surface area (Å²) in [5.74, 6) is -0.0407. The fraction of sp³-hybridized carbons (Fsp3) is 0.310. The zero-order valence-corrected chi connectivity index (χ0v) is 22.2. The molecule has 0 bridgehead atoms. The number of carboxylic acid groups (broad SMARTS) is 1. The van der Waals surface area contributed by atoms with Crippen LogP contribution >= 0.6 is 0 Å². The van der Waals surface area contributed by atoms with Crippen molar-refractivity contribution in [1.29, 1.82) is 0 Å². The van der Waals surface area contributed by atoms with Crippen LogP contribution in [0.25, 0.3) is 22.2 Å². The van der Waals surface area contributed by atoms with E-state index < -0.39 is 16.0 Å². The Morgan fingerprint density at radius 3 is 2.47 bits per heavy atom. The van der Waals surface area contributed by atoms with E-state index in [0.29, 0.717) is 38.4 Å². The average molecular weight is 534 g/mol. The summed E-state index contributed by atoms with van der Waals surface area (Å²) in [4.78, 5) is 16.8.